The predicted octanol–water partition coefficient (Wildman–Crippen LogP) is 0.776. The number of aryl methyl sites for hydroxylation is 1. The molecule has 0 saturated carbocycles. The van der Waals surface area contributed by atoms with Gasteiger partial charge in [0.05, 0.1) is 6.42 Å². The number of benzene rings is 1. The minimum Gasteiger partial charge on any atom is -0.481 e. The topological polar surface area (TPSA) is 92.9 Å². The van der Waals surface area contributed by atoms with Gasteiger partial charge in [0.25, 0.3) is 5.91 Å². The van der Waals surface area contributed by atoms with Crippen LogP contribution in [0.5, 0.6) is 0 Å². The third kappa shape index (κ3) is 4.32. The standard InChI is InChI=1S/C14H20N2O4/c1-10-3-5-11(6-4-10)16(8-7-13(17)18)14(19)12(9-15)20-2/h3-6,12H,7-9,15H2,1-2H3,(H,17,18). The summed E-state index contributed by atoms with van der Waals surface area (Å²) in [5.74, 6) is -1.29. The van der Waals surface area contributed by atoms with Crippen LogP contribution < -0.4 is 10.6 Å². The molecule has 1 unspecified atom stereocenters. The number of amides is 1. The molecule has 20 heavy (non-hydrogen) atoms. The highest BCUT2D eigenvalue weighted by atomic mass is 16.5. The highest BCUT2D eigenvalue weighted by molar-refractivity contribution is 5.97. The van der Waals surface area contributed by atoms with E-state index in [0.29, 0.717) is 5.69 Å². The van der Waals surface area contributed by atoms with Crippen LogP contribution in [0.4, 0.5) is 5.69 Å². The fourth-order valence-electron chi connectivity index (χ4n) is 1.77. The number of nitrogens with zero attached hydrogens (tertiary/aromatic N) is 1. The van der Waals surface area contributed by atoms with E-state index in [1.54, 1.807) is 12.1 Å². The molecule has 1 atom stereocenters. The lowest BCUT2D eigenvalue weighted by Gasteiger charge is -2.26. The van der Waals surface area contributed by atoms with Gasteiger partial charge in [-0.25, -0.2) is 0 Å². The molecular formula is C14H20N2O4. The van der Waals surface area contributed by atoms with Crippen LogP contribution >= 0.6 is 0 Å². The van der Waals surface area contributed by atoms with Gasteiger partial charge >= 0.3 is 5.97 Å². The normalized spacial score (nSPS) is 11.9. The molecule has 110 valence electrons. The van der Waals surface area contributed by atoms with Gasteiger partial charge in [0, 0.05) is 25.9 Å². The van der Waals surface area contributed by atoms with Crippen LogP contribution in [0.15, 0.2) is 24.3 Å². The van der Waals surface area contributed by atoms with Crippen LogP contribution in [-0.2, 0) is 14.3 Å². The molecule has 0 aromatic heterocycles. The summed E-state index contributed by atoms with van der Waals surface area (Å²) in [7, 11) is 1.40. The number of nitrogens with two attached hydrogens (primary N) is 1. The zero-order chi connectivity index (χ0) is 15.1. The van der Waals surface area contributed by atoms with E-state index in [-0.39, 0.29) is 25.4 Å². The summed E-state index contributed by atoms with van der Waals surface area (Å²) in [5.41, 5.74) is 7.18. The molecule has 0 heterocycles. The Morgan fingerprint density at radius 2 is 1.95 bits per heavy atom. The van der Waals surface area contributed by atoms with Gasteiger partial charge in [-0.05, 0) is 19.1 Å². The van der Waals surface area contributed by atoms with Crippen molar-refractivity contribution in [1.82, 2.24) is 0 Å². The van der Waals surface area contributed by atoms with E-state index in [1.807, 2.05) is 19.1 Å². The van der Waals surface area contributed by atoms with Crippen LogP contribution in [0.3, 0.4) is 0 Å². The molecule has 0 radical (unpaired) electrons. The van der Waals surface area contributed by atoms with Gasteiger partial charge in [0.1, 0.15) is 6.10 Å². The van der Waals surface area contributed by atoms with Crippen molar-refractivity contribution in [3.8, 4) is 0 Å². The number of aliphatic carboxylic acids is 1. The van der Waals surface area contributed by atoms with Crippen molar-refractivity contribution in [3.05, 3.63) is 29.8 Å². The summed E-state index contributed by atoms with van der Waals surface area (Å²) in [6, 6.07) is 7.28. The van der Waals surface area contributed by atoms with Crippen molar-refractivity contribution in [2.75, 3.05) is 25.1 Å². The molecule has 1 rings (SSSR count). The summed E-state index contributed by atoms with van der Waals surface area (Å²) >= 11 is 0. The Kier molecular flexibility index (Phi) is 6.14. The number of rotatable bonds is 7. The van der Waals surface area contributed by atoms with Crippen LogP contribution in [-0.4, -0.2) is 43.3 Å². The molecule has 0 aliphatic heterocycles. The number of carboxylic acid groups (broad SMARTS) is 1. The molecule has 0 fully saturated rings. The molecule has 1 aromatic rings. The summed E-state index contributed by atoms with van der Waals surface area (Å²) < 4.78 is 5.03. The van der Waals surface area contributed by atoms with Crippen LogP contribution in [0, 0.1) is 6.92 Å². The van der Waals surface area contributed by atoms with Crippen molar-refractivity contribution >= 4 is 17.6 Å². The average molecular weight is 280 g/mol. The van der Waals surface area contributed by atoms with Crippen LogP contribution in [0.2, 0.25) is 0 Å². The Labute approximate surface area is 118 Å². The third-order valence-electron chi connectivity index (χ3n) is 2.93. The SMILES string of the molecule is COC(CN)C(=O)N(CCC(=O)O)c1ccc(C)cc1. The Bertz CT molecular complexity index is 455. The summed E-state index contributed by atoms with van der Waals surface area (Å²) in [4.78, 5) is 24.5. The minimum absolute atomic E-state index is 0.0464. The van der Waals surface area contributed by atoms with E-state index < -0.39 is 12.1 Å². The fourth-order valence-corrected chi connectivity index (χ4v) is 1.77. The number of ether oxygens (including phenoxy) is 1. The largest absolute Gasteiger partial charge is 0.481 e. The van der Waals surface area contributed by atoms with Crippen molar-refractivity contribution < 1.29 is 19.4 Å². The summed E-state index contributed by atoms with van der Waals surface area (Å²) in [5, 5.41) is 8.79. The average Bonchev–Trinajstić information content (AvgIpc) is 2.42. The Morgan fingerprint density at radius 3 is 2.40 bits per heavy atom. The quantitative estimate of drug-likeness (QED) is 0.769. The molecule has 6 nitrogen and oxygen atoms in total. The van der Waals surface area contributed by atoms with E-state index in [1.165, 1.54) is 12.0 Å². The Hall–Kier alpha value is -1.92. The van der Waals surface area contributed by atoms with Crippen molar-refractivity contribution in [2.45, 2.75) is 19.4 Å². The first-order valence-electron chi connectivity index (χ1n) is 6.32. The second kappa shape index (κ2) is 7.62. The van der Waals surface area contributed by atoms with Crippen LogP contribution in [0.25, 0.3) is 0 Å². The molecule has 0 saturated heterocycles. The van der Waals surface area contributed by atoms with Gasteiger partial charge < -0.3 is 20.5 Å². The second-order valence-corrected chi connectivity index (χ2v) is 4.43. The summed E-state index contributed by atoms with van der Waals surface area (Å²) in [6.07, 6.45) is -0.911. The van der Waals surface area contributed by atoms with Gasteiger partial charge in [-0.2, -0.15) is 0 Å². The molecule has 1 aromatic carbocycles. The maximum Gasteiger partial charge on any atom is 0.305 e. The van der Waals surface area contributed by atoms with Crippen molar-refractivity contribution in [3.63, 3.8) is 0 Å². The molecule has 6 heteroatoms. The number of methoxy groups -OCH3 is 1. The third-order valence-corrected chi connectivity index (χ3v) is 2.93. The van der Waals surface area contributed by atoms with Gasteiger partial charge in [-0.15, -0.1) is 0 Å². The lowest BCUT2D eigenvalue weighted by atomic mass is 10.2. The molecule has 0 aliphatic rings. The van der Waals surface area contributed by atoms with Gasteiger partial charge in [-0.1, -0.05) is 17.7 Å². The van der Waals surface area contributed by atoms with E-state index >= 15 is 0 Å². The fraction of sp³-hybridized carbons (Fsp3) is 0.429. The van der Waals surface area contributed by atoms with E-state index in [9.17, 15) is 9.59 Å². The molecule has 1 amide bonds. The maximum atomic E-state index is 12.3. The number of hydrogen-bond acceptors (Lipinski definition) is 4. The van der Waals surface area contributed by atoms with Gasteiger partial charge in [0.2, 0.25) is 0 Å². The highest BCUT2D eigenvalue weighted by Gasteiger charge is 2.24. The lowest BCUT2D eigenvalue weighted by molar-refractivity contribution is -0.136. The van der Waals surface area contributed by atoms with E-state index in [4.69, 9.17) is 15.6 Å². The number of carbonyl (C=O) groups is 2. The zero-order valence-corrected chi connectivity index (χ0v) is 11.7. The first kappa shape index (κ1) is 16.1. The number of carbonyl (C=O) groups excluding carboxylic acids is 1. The van der Waals surface area contributed by atoms with Gasteiger partial charge in [-0.3, -0.25) is 9.59 Å². The summed E-state index contributed by atoms with van der Waals surface area (Å²) in [6.45, 7) is 2.06. The molecule has 0 bridgehead atoms. The first-order chi connectivity index (χ1) is 9.49. The number of anilines is 1. The molecular weight excluding hydrogens is 260 g/mol. The Morgan fingerprint density at radius 1 is 1.35 bits per heavy atom. The zero-order valence-electron chi connectivity index (χ0n) is 11.7. The molecule has 3 N–H and O–H groups in total. The van der Waals surface area contributed by atoms with Gasteiger partial charge in [0.15, 0.2) is 0 Å². The minimum atomic E-state index is -0.961. The predicted molar refractivity (Wildman–Crippen MR) is 75.6 cm³/mol. The smallest absolute Gasteiger partial charge is 0.305 e. The van der Waals surface area contributed by atoms with E-state index in [2.05, 4.69) is 0 Å². The first-order valence-corrected chi connectivity index (χ1v) is 6.32. The van der Waals surface area contributed by atoms with Crippen LogP contribution in [0.1, 0.15) is 12.0 Å². The second-order valence-electron chi connectivity index (χ2n) is 4.43. The van der Waals surface area contributed by atoms with E-state index in [0.717, 1.165) is 5.56 Å². The van der Waals surface area contributed by atoms with Crippen molar-refractivity contribution in [1.29, 1.82) is 0 Å². The lowest BCUT2D eigenvalue weighted by Crippen LogP contribution is -2.44. The Balaban J connectivity index is 2.97. The number of carboxylic acids is 1. The maximum absolute atomic E-state index is 12.3. The number of hydrogen-bond donors (Lipinski definition) is 2. The monoisotopic (exact) mass is 280 g/mol. The van der Waals surface area contributed by atoms with Crippen molar-refractivity contribution in [2.24, 2.45) is 5.73 Å². The molecule has 0 spiro atoms. The highest BCUT2D eigenvalue weighted by Crippen LogP contribution is 2.17. The molecule has 0 aliphatic carbocycles.